The van der Waals surface area contributed by atoms with Gasteiger partial charge < -0.3 is 4.90 Å². The van der Waals surface area contributed by atoms with Crippen LogP contribution in [-0.2, 0) is 22.6 Å². The van der Waals surface area contributed by atoms with Crippen LogP contribution in [0.3, 0.4) is 0 Å². The molecule has 2 aromatic carbocycles. The fourth-order valence-electron chi connectivity index (χ4n) is 3.68. The average molecular weight is 477 g/mol. The third-order valence-electron chi connectivity index (χ3n) is 5.69. The van der Waals surface area contributed by atoms with E-state index in [9.17, 15) is 21.6 Å². The number of alkyl halides is 3. The molecule has 0 aliphatic carbocycles. The third kappa shape index (κ3) is 5.01. The Morgan fingerprint density at radius 1 is 0.848 bits per heavy atom. The summed E-state index contributed by atoms with van der Waals surface area (Å²) in [6.07, 6.45) is -3.55. The van der Waals surface area contributed by atoms with E-state index in [0.29, 0.717) is 18.9 Å². The summed E-state index contributed by atoms with van der Waals surface area (Å²) in [7, 11) is -3.88. The topological polar surface area (TPSA) is 66.4 Å². The number of aromatic nitrogens is 2. The van der Waals surface area contributed by atoms with E-state index in [-0.39, 0.29) is 18.0 Å². The molecule has 0 bridgehead atoms. The molecule has 0 amide bonds. The van der Waals surface area contributed by atoms with Crippen LogP contribution in [0.1, 0.15) is 18.1 Å². The number of anilines is 1. The molecule has 0 saturated carbocycles. The van der Waals surface area contributed by atoms with Gasteiger partial charge in [-0.2, -0.15) is 17.5 Å². The first-order chi connectivity index (χ1) is 15.7. The largest absolute Gasteiger partial charge is 0.416 e. The van der Waals surface area contributed by atoms with Crippen LogP contribution in [0, 0.1) is 0 Å². The van der Waals surface area contributed by atoms with Crippen LogP contribution in [-0.4, -0.2) is 49.1 Å². The summed E-state index contributed by atoms with van der Waals surface area (Å²) in [4.78, 5) is 1.79. The van der Waals surface area contributed by atoms with Gasteiger partial charge in [-0.3, -0.25) is 0 Å². The molecule has 0 N–H and O–H groups in total. The van der Waals surface area contributed by atoms with Gasteiger partial charge in [0.15, 0.2) is 5.82 Å². The first kappa shape index (κ1) is 23.2. The zero-order valence-corrected chi connectivity index (χ0v) is 18.8. The van der Waals surface area contributed by atoms with E-state index in [2.05, 4.69) is 29.3 Å². The Morgan fingerprint density at radius 3 is 2.00 bits per heavy atom. The predicted octanol–water partition coefficient (Wildman–Crippen LogP) is 4.24. The minimum Gasteiger partial charge on any atom is -0.352 e. The Hall–Kier alpha value is -2.98. The molecule has 3 aromatic rings. The third-order valence-corrected chi connectivity index (χ3v) is 7.60. The van der Waals surface area contributed by atoms with Crippen molar-refractivity contribution in [3.05, 3.63) is 71.8 Å². The molecule has 174 valence electrons. The van der Waals surface area contributed by atoms with E-state index in [1.165, 1.54) is 9.87 Å². The Balaban J connectivity index is 1.40. The maximum atomic E-state index is 12.8. The van der Waals surface area contributed by atoms with Crippen LogP contribution in [0.4, 0.5) is 19.0 Å². The molecule has 6 nitrogen and oxygen atoms in total. The molecule has 1 aliphatic heterocycles. The highest BCUT2D eigenvalue weighted by atomic mass is 32.2. The van der Waals surface area contributed by atoms with Crippen molar-refractivity contribution in [1.82, 2.24) is 14.5 Å². The van der Waals surface area contributed by atoms with Crippen molar-refractivity contribution in [1.29, 1.82) is 0 Å². The average Bonchev–Trinajstić information content (AvgIpc) is 2.84. The van der Waals surface area contributed by atoms with Gasteiger partial charge in [0.25, 0.3) is 0 Å². The zero-order chi connectivity index (χ0) is 23.6. The fraction of sp³-hybridized carbons (Fsp3) is 0.304. The number of sulfonamides is 1. The number of benzene rings is 2. The van der Waals surface area contributed by atoms with Crippen molar-refractivity contribution in [3.8, 4) is 11.3 Å². The van der Waals surface area contributed by atoms with Crippen LogP contribution in [0.2, 0.25) is 0 Å². The molecular formula is C23H23F3N4O2S. The van der Waals surface area contributed by atoms with Crippen molar-refractivity contribution in [2.75, 3.05) is 31.1 Å². The molecule has 0 atom stereocenters. The molecule has 4 rings (SSSR count). The van der Waals surface area contributed by atoms with Crippen LogP contribution in [0.25, 0.3) is 11.3 Å². The lowest BCUT2D eigenvalue weighted by Crippen LogP contribution is -2.49. The first-order valence-corrected chi connectivity index (χ1v) is 12.0. The minimum absolute atomic E-state index is 0.151. The molecule has 0 unspecified atom stereocenters. The number of hydrogen-bond acceptors (Lipinski definition) is 5. The molecule has 1 fully saturated rings. The lowest BCUT2D eigenvalue weighted by atomic mass is 10.1. The number of hydrogen-bond donors (Lipinski definition) is 0. The monoisotopic (exact) mass is 476 g/mol. The van der Waals surface area contributed by atoms with Gasteiger partial charge in [-0.15, -0.1) is 10.2 Å². The second kappa shape index (κ2) is 9.11. The van der Waals surface area contributed by atoms with Crippen molar-refractivity contribution in [3.63, 3.8) is 0 Å². The lowest BCUT2D eigenvalue weighted by Gasteiger charge is -2.34. The van der Waals surface area contributed by atoms with Crippen molar-refractivity contribution in [2.45, 2.75) is 24.4 Å². The number of rotatable bonds is 5. The number of piperazine rings is 1. The Bertz CT molecular complexity index is 1190. The smallest absolute Gasteiger partial charge is 0.352 e. The van der Waals surface area contributed by atoms with Gasteiger partial charge in [0.05, 0.1) is 16.2 Å². The Kier molecular flexibility index (Phi) is 6.40. The molecule has 1 saturated heterocycles. The van der Waals surface area contributed by atoms with Gasteiger partial charge in [0, 0.05) is 31.7 Å². The van der Waals surface area contributed by atoms with Crippen molar-refractivity contribution < 1.29 is 21.6 Å². The SMILES string of the molecule is CCc1ccc(-c2ccc(N3CCN(S(=O)(=O)c4ccc(C(F)(F)F)cc4)CC3)nn2)cc1. The second-order valence-electron chi connectivity index (χ2n) is 7.74. The van der Waals surface area contributed by atoms with E-state index in [1.807, 2.05) is 29.2 Å². The van der Waals surface area contributed by atoms with Crippen LogP contribution >= 0.6 is 0 Å². The highest BCUT2D eigenvalue weighted by molar-refractivity contribution is 7.89. The van der Waals surface area contributed by atoms with Crippen molar-refractivity contribution >= 4 is 15.8 Å². The summed E-state index contributed by atoms with van der Waals surface area (Å²) >= 11 is 0. The van der Waals surface area contributed by atoms with Crippen LogP contribution in [0.5, 0.6) is 0 Å². The number of aryl methyl sites for hydroxylation is 1. The molecular weight excluding hydrogens is 453 g/mol. The second-order valence-corrected chi connectivity index (χ2v) is 9.68. The summed E-state index contributed by atoms with van der Waals surface area (Å²) in [6.45, 7) is 3.30. The van der Waals surface area contributed by atoms with Crippen LogP contribution in [0.15, 0.2) is 65.6 Å². The van der Waals surface area contributed by atoms with E-state index < -0.39 is 21.8 Å². The lowest BCUT2D eigenvalue weighted by molar-refractivity contribution is -0.137. The van der Waals surface area contributed by atoms with Gasteiger partial charge in [-0.1, -0.05) is 31.2 Å². The molecule has 10 heteroatoms. The number of nitrogens with zero attached hydrogens (tertiary/aromatic N) is 4. The molecule has 0 spiro atoms. The van der Waals surface area contributed by atoms with E-state index in [1.54, 1.807) is 0 Å². The highest BCUT2D eigenvalue weighted by Gasteiger charge is 2.32. The Morgan fingerprint density at radius 2 is 1.48 bits per heavy atom. The quantitative estimate of drug-likeness (QED) is 0.551. The summed E-state index contributed by atoms with van der Waals surface area (Å²) in [5.74, 6) is 0.649. The predicted molar refractivity (Wildman–Crippen MR) is 119 cm³/mol. The summed E-state index contributed by atoms with van der Waals surface area (Å²) in [5.41, 5.74) is 2.09. The zero-order valence-electron chi connectivity index (χ0n) is 18.0. The normalized spacial score (nSPS) is 15.6. The van der Waals surface area contributed by atoms with Gasteiger partial charge in [0.2, 0.25) is 10.0 Å². The van der Waals surface area contributed by atoms with Gasteiger partial charge in [0.1, 0.15) is 0 Å². The van der Waals surface area contributed by atoms with Crippen LogP contribution < -0.4 is 4.90 Å². The fourth-order valence-corrected chi connectivity index (χ4v) is 5.10. The van der Waals surface area contributed by atoms with Crippen molar-refractivity contribution in [2.24, 2.45) is 0 Å². The first-order valence-electron chi connectivity index (χ1n) is 10.5. The number of halogens is 3. The molecule has 2 heterocycles. The standard InChI is InChI=1S/C23H23F3N4O2S/c1-2-17-3-5-18(6-4-17)21-11-12-22(28-27-21)29-13-15-30(16-14-29)33(31,32)20-9-7-19(8-10-20)23(24,25)26/h3-12H,2,13-16H2,1H3. The van der Waals surface area contributed by atoms with E-state index >= 15 is 0 Å². The van der Waals surface area contributed by atoms with Gasteiger partial charge in [-0.25, -0.2) is 8.42 Å². The minimum atomic E-state index is -4.51. The molecule has 1 aromatic heterocycles. The molecule has 0 radical (unpaired) electrons. The summed E-state index contributed by atoms with van der Waals surface area (Å²) in [6, 6.07) is 15.4. The molecule has 1 aliphatic rings. The van der Waals surface area contributed by atoms with E-state index in [4.69, 9.17) is 0 Å². The summed E-state index contributed by atoms with van der Waals surface area (Å²) in [5, 5.41) is 8.61. The molecule has 33 heavy (non-hydrogen) atoms. The summed E-state index contributed by atoms with van der Waals surface area (Å²) < 4.78 is 65.2. The van der Waals surface area contributed by atoms with Gasteiger partial charge >= 0.3 is 6.18 Å². The highest BCUT2D eigenvalue weighted by Crippen LogP contribution is 2.30. The van der Waals surface area contributed by atoms with Gasteiger partial charge in [-0.05, 0) is 48.4 Å². The maximum Gasteiger partial charge on any atom is 0.416 e. The van der Waals surface area contributed by atoms with E-state index in [0.717, 1.165) is 41.9 Å². The maximum absolute atomic E-state index is 12.8. The Labute approximate surface area is 190 Å².